The van der Waals surface area contributed by atoms with Gasteiger partial charge < -0.3 is 29.5 Å². The Balaban J connectivity index is 1.90. The molecule has 0 heterocycles. The van der Waals surface area contributed by atoms with Crippen LogP contribution in [-0.2, 0) is 16.0 Å². The number of carboxylic acid groups (broad SMARTS) is 1. The second kappa shape index (κ2) is 13.6. The van der Waals surface area contributed by atoms with Crippen LogP contribution in [0.25, 0.3) is 0 Å². The Kier molecular flexibility index (Phi) is 10.8. The summed E-state index contributed by atoms with van der Waals surface area (Å²) in [5.74, 6) is -0.668. The van der Waals surface area contributed by atoms with Gasteiger partial charge >= 0.3 is 18.4 Å². The third kappa shape index (κ3) is 10.4. The van der Waals surface area contributed by atoms with E-state index in [0.717, 1.165) is 17.7 Å². The molecule has 11 heteroatoms. The molecule has 0 fully saturated rings. The molecule has 2 aromatic rings. The largest absolute Gasteiger partial charge is 0.573 e. The maximum atomic E-state index is 12.7. The van der Waals surface area contributed by atoms with Gasteiger partial charge in [0.1, 0.15) is 18.1 Å². The Labute approximate surface area is 207 Å². The van der Waals surface area contributed by atoms with E-state index in [1.807, 2.05) is 13.8 Å². The number of anilines is 1. The lowest BCUT2D eigenvalue weighted by Crippen LogP contribution is -2.40. The third-order valence-corrected chi connectivity index (χ3v) is 4.83. The van der Waals surface area contributed by atoms with Crippen LogP contribution < -0.4 is 14.8 Å². The minimum atomic E-state index is -4.79. The highest BCUT2D eigenvalue weighted by Crippen LogP contribution is 2.24. The van der Waals surface area contributed by atoms with Gasteiger partial charge in [-0.05, 0) is 54.8 Å². The van der Waals surface area contributed by atoms with E-state index in [0.29, 0.717) is 24.6 Å². The first-order valence-corrected chi connectivity index (χ1v) is 11.4. The lowest BCUT2D eigenvalue weighted by Gasteiger charge is -2.25. The fraction of sp³-hybridized carbons (Fsp3) is 0.440. The Bertz CT molecular complexity index is 965. The zero-order valence-corrected chi connectivity index (χ0v) is 20.4. The molecule has 0 saturated carbocycles. The van der Waals surface area contributed by atoms with Crippen molar-refractivity contribution in [2.75, 3.05) is 31.6 Å². The summed E-state index contributed by atoms with van der Waals surface area (Å²) < 4.78 is 51.7. The van der Waals surface area contributed by atoms with Gasteiger partial charge in [0.2, 0.25) is 0 Å². The van der Waals surface area contributed by atoms with Crippen molar-refractivity contribution < 1.29 is 42.1 Å². The fourth-order valence-corrected chi connectivity index (χ4v) is 3.29. The molecule has 0 bridgehead atoms. The Hall–Kier alpha value is -3.47. The third-order valence-electron chi connectivity index (χ3n) is 4.83. The number of hydrogen-bond acceptors (Lipinski definition) is 5. The van der Waals surface area contributed by atoms with E-state index in [4.69, 9.17) is 9.47 Å². The number of benzene rings is 2. The summed E-state index contributed by atoms with van der Waals surface area (Å²) in [5, 5.41) is 11.9. The molecular formula is C25H31F3N2O6. The number of carbonyl (C=O) groups is 2. The van der Waals surface area contributed by atoms with E-state index in [-0.39, 0.29) is 31.2 Å². The van der Waals surface area contributed by atoms with Crippen LogP contribution >= 0.6 is 0 Å². The number of rotatable bonds is 13. The Morgan fingerprint density at radius 2 is 1.64 bits per heavy atom. The first-order valence-electron chi connectivity index (χ1n) is 11.4. The molecule has 2 amide bonds. The van der Waals surface area contributed by atoms with Gasteiger partial charge in [-0.1, -0.05) is 26.0 Å². The van der Waals surface area contributed by atoms with Gasteiger partial charge in [-0.25, -0.2) is 9.59 Å². The van der Waals surface area contributed by atoms with Crippen molar-refractivity contribution in [3.8, 4) is 11.5 Å². The van der Waals surface area contributed by atoms with Crippen molar-refractivity contribution in [1.82, 2.24) is 4.90 Å². The molecule has 0 radical (unpaired) electrons. The van der Waals surface area contributed by atoms with Gasteiger partial charge in [-0.15, -0.1) is 13.2 Å². The van der Waals surface area contributed by atoms with Gasteiger partial charge in [0, 0.05) is 25.3 Å². The standard InChI is InChI=1S/C25H31F3N2O6/c1-4-34-22(23(31)32)15-18-5-9-20(10-6-18)35-14-13-30(16-17(2)3)24(33)29-19-7-11-21(12-8-19)36-25(26,27)28/h5-12,17,22H,4,13-16H2,1-3H3,(H,29,33)(H,31,32). The lowest BCUT2D eigenvalue weighted by molar-refractivity contribution is -0.274. The Morgan fingerprint density at radius 3 is 2.17 bits per heavy atom. The van der Waals surface area contributed by atoms with Gasteiger partial charge in [-0.2, -0.15) is 0 Å². The van der Waals surface area contributed by atoms with Crippen molar-refractivity contribution >= 4 is 17.7 Å². The van der Waals surface area contributed by atoms with Crippen molar-refractivity contribution in [3.63, 3.8) is 0 Å². The summed E-state index contributed by atoms with van der Waals surface area (Å²) in [7, 11) is 0. The summed E-state index contributed by atoms with van der Waals surface area (Å²) in [4.78, 5) is 25.5. The van der Waals surface area contributed by atoms with Crippen LogP contribution in [0.1, 0.15) is 26.3 Å². The van der Waals surface area contributed by atoms with Crippen molar-refractivity contribution in [2.24, 2.45) is 5.92 Å². The van der Waals surface area contributed by atoms with E-state index >= 15 is 0 Å². The first-order chi connectivity index (χ1) is 17.0. The van der Waals surface area contributed by atoms with Crippen molar-refractivity contribution in [2.45, 2.75) is 39.7 Å². The molecule has 2 aromatic carbocycles. The molecule has 1 atom stereocenters. The molecule has 1 unspecified atom stereocenters. The quantitative estimate of drug-likeness (QED) is 0.384. The van der Waals surface area contributed by atoms with Crippen LogP contribution in [0.15, 0.2) is 48.5 Å². The lowest BCUT2D eigenvalue weighted by atomic mass is 10.1. The predicted molar refractivity (Wildman–Crippen MR) is 127 cm³/mol. The van der Waals surface area contributed by atoms with Gasteiger partial charge in [-0.3, -0.25) is 0 Å². The van der Waals surface area contributed by atoms with Crippen LogP contribution in [0, 0.1) is 5.92 Å². The molecule has 0 aliphatic rings. The monoisotopic (exact) mass is 512 g/mol. The van der Waals surface area contributed by atoms with E-state index in [9.17, 15) is 27.9 Å². The van der Waals surface area contributed by atoms with E-state index < -0.39 is 24.5 Å². The van der Waals surface area contributed by atoms with Crippen molar-refractivity contribution in [1.29, 1.82) is 0 Å². The molecule has 2 rings (SSSR count). The number of carbonyl (C=O) groups excluding carboxylic acids is 1. The second-order valence-corrected chi connectivity index (χ2v) is 8.32. The SMILES string of the molecule is CCOC(Cc1ccc(OCCN(CC(C)C)C(=O)Nc2ccc(OC(F)(F)F)cc2)cc1)C(=O)O. The van der Waals surface area contributed by atoms with Gasteiger partial charge in [0.15, 0.2) is 6.10 Å². The molecule has 2 N–H and O–H groups in total. The maximum absolute atomic E-state index is 12.7. The number of nitrogens with zero attached hydrogens (tertiary/aromatic N) is 1. The highest BCUT2D eigenvalue weighted by Gasteiger charge is 2.31. The number of aliphatic carboxylic acids is 1. The normalized spacial score (nSPS) is 12.2. The zero-order valence-electron chi connectivity index (χ0n) is 20.4. The number of hydrogen-bond donors (Lipinski definition) is 2. The molecule has 0 aliphatic heterocycles. The van der Waals surface area contributed by atoms with E-state index in [2.05, 4.69) is 10.1 Å². The molecule has 0 saturated heterocycles. The number of nitrogens with one attached hydrogen (secondary N) is 1. The number of carboxylic acids is 1. The summed E-state index contributed by atoms with van der Waals surface area (Å²) in [6, 6.07) is 11.4. The van der Waals surface area contributed by atoms with Gasteiger partial charge in [0.05, 0.1) is 6.54 Å². The fourth-order valence-electron chi connectivity index (χ4n) is 3.29. The summed E-state index contributed by atoms with van der Waals surface area (Å²) >= 11 is 0. The molecule has 198 valence electrons. The average molecular weight is 513 g/mol. The molecule has 0 aliphatic carbocycles. The smallest absolute Gasteiger partial charge is 0.492 e. The molecule has 8 nitrogen and oxygen atoms in total. The van der Waals surface area contributed by atoms with Crippen LogP contribution in [0.5, 0.6) is 11.5 Å². The van der Waals surface area contributed by atoms with Gasteiger partial charge in [0.25, 0.3) is 0 Å². The minimum Gasteiger partial charge on any atom is -0.492 e. The number of amides is 2. The minimum absolute atomic E-state index is 0.171. The number of alkyl halides is 3. The maximum Gasteiger partial charge on any atom is 0.573 e. The number of ether oxygens (including phenoxy) is 3. The molecule has 0 spiro atoms. The Morgan fingerprint density at radius 1 is 1.03 bits per heavy atom. The van der Waals surface area contributed by atoms with E-state index in [1.54, 1.807) is 36.1 Å². The van der Waals surface area contributed by atoms with Crippen LogP contribution in [0.2, 0.25) is 0 Å². The van der Waals surface area contributed by atoms with Crippen LogP contribution in [-0.4, -0.2) is 60.8 Å². The van der Waals surface area contributed by atoms with Crippen LogP contribution in [0.3, 0.4) is 0 Å². The summed E-state index contributed by atoms with van der Waals surface area (Å²) in [5.41, 5.74) is 1.11. The topological polar surface area (TPSA) is 97.3 Å². The highest BCUT2D eigenvalue weighted by atomic mass is 19.4. The average Bonchev–Trinajstić information content (AvgIpc) is 2.79. The van der Waals surface area contributed by atoms with Crippen LogP contribution in [0.4, 0.5) is 23.7 Å². The number of halogens is 3. The van der Waals surface area contributed by atoms with Crippen molar-refractivity contribution in [3.05, 3.63) is 54.1 Å². The molecule has 36 heavy (non-hydrogen) atoms. The number of urea groups is 1. The summed E-state index contributed by atoms with van der Waals surface area (Å²) in [6.45, 7) is 6.86. The molecular weight excluding hydrogens is 481 g/mol. The van der Waals surface area contributed by atoms with E-state index in [1.165, 1.54) is 12.1 Å². The summed E-state index contributed by atoms with van der Waals surface area (Å²) in [6.07, 6.45) is -5.48. The molecule has 0 aromatic heterocycles. The second-order valence-electron chi connectivity index (χ2n) is 8.32. The first kappa shape index (κ1) is 28.8. The highest BCUT2D eigenvalue weighted by molar-refractivity contribution is 5.89. The zero-order chi connectivity index (χ0) is 26.7. The predicted octanol–water partition coefficient (Wildman–Crippen LogP) is 5.19.